The maximum atomic E-state index is 4.10. The van der Waals surface area contributed by atoms with Gasteiger partial charge in [-0.2, -0.15) is 0 Å². The van der Waals surface area contributed by atoms with Crippen molar-refractivity contribution >= 4 is 0 Å². The van der Waals surface area contributed by atoms with Crippen LogP contribution in [0.2, 0.25) is 0 Å². The van der Waals surface area contributed by atoms with E-state index in [9.17, 15) is 0 Å². The van der Waals surface area contributed by atoms with Gasteiger partial charge in [0.1, 0.15) is 5.92 Å². The van der Waals surface area contributed by atoms with Gasteiger partial charge in [0.05, 0.1) is 18.8 Å². The molecule has 0 saturated heterocycles. The van der Waals surface area contributed by atoms with E-state index in [-0.39, 0.29) is 0 Å². The van der Waals surface area contributed by atoms with Crippen LogP contribution in [0.4, 0.5) is 0 Å². The second-order valence-corrected chi connectivity index (χ2v) is 9.22. The molecule has 0 aromatic carbocycles. The van der Waals surface area contributed by atoms with Crippen LogP contribution >= 0.6 is 0 Å². The van der Waals surface area contributed by atoms with Crippen molar-refractivity contribution in [1.82, 2.24) is 0 Å². The van der Waals surface area contributed by atoms with E-state index < -0.39 is 0 Å². The Hall–Kier alpha value is -0.390. The Morgan fingerprint density at radius 2 is 1.80 bits per heavy atom. The monoisotopic (exact) mass is 273 g/mol. The first-order valence-corrected chi connectivity index (χ1v) is 8.79. The summed E-state index contributed by atoms with van der Waals surface area (Å²) >= 11 is 0. The minimum atomic E-state index is 0.388. The van der Waals surface area contributed by atoms with Gasteiger partial charge in [-0.15, -0.1) is 6.58 Å². The van der Waals surface area contributed by atoms with Gasteiger partial charge in [0, 0.05) is 10.8 Å². The van der Waals surface area contributed by atoms with Crippen molar-refractivity contribution in [2.75, 3.05) is 0 Å². The normalized spacial score (nSPS) is 47.3. The summed E-state index contributed by atoms with van der Waals surface area (Å²) in [5.74, 6) is 3.76. The van der Waals surface area contributed by atoms with Crippen LogP contribution < -0.4 is 0 Å². The first-order chi connectivity index (χ1) is 9.31. The average Bonchev–Trinajstić information content (AvgIpc) is 2.37. The third kappa shape index (κ3) is 2.06. The zero-order valence-electron chi connectivity index (χ0n) is 14.1. The first-order valence-electron chi connectivity index (χ1n) is 8.79. The van der Waals surface area contributed by atoms with Crippen molar-refractivity contribution in [1.29, 1.82) is 0 Å². The van der Waals surface area contributed by atoms with Crippen molar-refractivity contribution in [2.45, 2.75) is 79.1 Å². The van der Waals surface area contributed by atoms with Crippen LogP contribution in [0.15, 0.2) is 12.7 Å². The molecule has 0 aromatic rings. The molecule has 0 aromatic heterocycles. The second-order valence-electron chi connectivity index (χ2n) is 9.22. The topological polar surface area (TPSA) is 0 Å². The SMILES string of the molecule is C=C[C@@]1(C)CC[C@H]2[C+](CC[C@H]3C(C)(C)CCC[C@]23C)C1. The van der Waals surface area contributed by atoms with Crippen molar-refractivity contribution < 1.29 is 0 Å². The van der Waals surface area contributed by atoms with E-state index in [4.69, 9.17) is 0 Å². The minimum Gasteiger partial charge on any atom is -0.102 e. The Kier molecular flexibility index (Phi) is 3.31. The Morgan fingerprint density at radius 3 is 2.50 bits per heavy atom. The highest BCUT2D eigenvalue weighted by molar-refractivity contribution is 5.18. The van der Waals surface area contributed by atoms with E-state index in [1.54, 1.807) is 0 Å². The van der Waals surface area contributed by atoms with Crippen LogP contribution in [-0.4, -0.2) is 0 Å². The summed E-state index contributed by atoms with van der Waals surface area (Å²) < 4.78 is 0. The van der Waals surface area contributed by atoms with Gasteiger partial charge in [-0.3, -0.25) is 0 Å². The van der Waals surface area contributed by atoms with Crippen molar-refractivity contribution in [3.05, 3.63) is 18.6 Å². The fourth-order valence-electron chi connectivity index (χ4n) is 6.27. The van der Waals surface area contributed by atoms with Gasteiger partial charge in [0.15, 0.2) is 0 Å². The zero-order valence-corrected chi connectivity index (χ0v) is 14.1. The summed E-state index contributed by atoms with van der Waals surface area (Å²) in [6.07, 6.45) is 13.5. The Balaban J connectivity index is 1.87. The lowest BCUT2D eigenvalue weighted by atomic mass is 9.43. The summed E-state index contributed by atoms with van der Waals surface area (Å²) in [4.78, 5) is 0. The lowest BCUT2D eigenvalue weighted by molar-refractivity contribution is -0.0781. The number of allylic oxidation sites excluding steroid dienone is 1. The lowest BCUT2D eigenvalue weighted by Crippen LogP contribution is -2.52. The Bertz CT molecular complexity index is 393. The van der Waals surface area contributed by atoms with Crippen LogP contribution in [0.5, 0.6) is 0 Å². The highest BCUT2D eigenvalue weighted by Gasteiger charge is 2.61. The molecule has 0 unspecified atom stereocenters. The maximum absolute atomic E-state index is 4.10. The molecule has 0 heteroatoms. The summed E-state index contributed by atoms with van der Waals surface area (Å²) in [6, 6.07) is 0. The van der Waals surface area contributed by atoms with Crippen molar-refractivity contribution in [3.63, 3.8) is 0 Å². The first kappa shape index (κ1) is 14.5. The Morgan fingerprint density at radius 1 is 1.05 bits per heavy atom. The molecule has 0 aliphatic heterocycles. The summed E-state index contributed by atoms with van der Waals surface area (Å²) in [5.41, 5.74) is 1.55. The second kappa shape index (κ2) is 4.55. The van der Waals surface area contributed by atoms with E-state index in [1.807, 2.05) is 5.92 Å². The third-order valence-corrected chi connectivity index (χ3v) is 7.45. The van der Waals surface area contributed by atoms with Crippen molar-refractivity contribution in [2.24, 2.45) is 28.1 Å². The van der Waals surface area contributed by atoms with Gasteiger partial charge in [0.2, 0.25) is 0 Å². The quantitative estimate of drug-likeness (QED) is 0.395. The molecule has 0 bridgehead atoms. The van der Waals surface area contributed by atoms with Crippen LogP contribution in [0.25, 0.3) is 0 Å². The van der Waals surface area contributed by atoms with Crippen LogP contribution in [0, 0.1) is 34.0 Å². The minimum absolute atomic E-state index is 0.388. The molecule has 3 saturated carbocycles. The largest absolute Gasteiger partial charge is 0.106 e. The van der Waals surface area contributed by atoms with Gasteiger partial charge in [-0.1, -0.05) is 40.2 Å². The predicted octanol–water partition coefficient (Wildman–Crippen LogP) is 6.18. The molecule has 0 radical (unpaired) electrons. The smallest absolute Gasteiger partial charge is 0.102 e. The molecule has 3 aliphatic rings. The van der Waals surface area contributed by atoms with E-state index in [0.717, 1.165) is 11.8 Å². The number of rotatable bonds is 1. The fraction of sp³-hybridized carbons (Fsp3) is 0.850. The molecule has 3 aliphatic carbocycles. The van der Waals surface area contributed by atoms with E-state index in [0.29, 0.717) is 16.2 Å². The summed E-state index contributed by atoms with van der Waals surface area (Å²) in [7, 11) is 0. The number of hydrogen-bond donors (Lipinski definition) is 0. The highest BCUT2D eigenvalue weighted by Crippen LogP contribution is 2.65. The van der Waals surface area contributed by atoms with Gasteiger partial charge in [0.25, 0.3) is 0 Å². The summed E-state index contributed by atoms with van der Waals surface area (Å²) in [6.45, 7) is 14.2. The molecule has 0 spiro atoms. The number of fused-ring (bicyclic) bond motifs is 3. The van der Waals surface area contributed by atoms with Gasteiger partial charge in [-0.25, -0.2) is 0 Å². The molecule has 3 fully saturated rings. The summed E-state index contributed by atoms with van der Waals surface area (Å²) in [5, 5.41) is 0. The van der Waals surface area contributed by atoms with Gasteiger partial charge < -0.3 is 0 Å². The van der Waals surface area contributed by atoms with E-state index in [2.05, 4.69) is 40.3 Å². The average molecular weight is 273 g/mol. The molecule has 0 N–H and O–H groups in total. The molecular weight excluding hydrogens is 240 g/mol. The molecule has 112 valence electrons. The maximum Gasteiger partial charge on any atom is 0.106 e. The standard InChI is InChI=1S/C20H33/c1-6-19(4)13-10-16-15(14-19)8-9-17-18(2,3)11-7-12-20(16,17)5/h6,16-17H,1,7-14H2,2-5H3/q+1/t16-,17-,19-,20+/m0/s1. The van der Waals surface area contributed by atoms with Crippen LogP contribution in [0.3, 0.4) is 0 Å². The third-order valence-electron chi connectivity index (χ3n) is 7.45. The molecule has 3 rings (SSSR count). The van der Waals surface area contributed by atoms with Crippen LogP contribution in [0.1, 0.15) is 79.1 Å². The lowest BCUT2D eigenvalue weighted by Gasteiger charge is -2.57. The highest BCUT2D eigenvalue weighted by atomic mass is 14.6. The molecule has 0 nitrogen and oxygen atoms in total. The van der Waals surface area contributed by atoms with Crippen molar-refractivity contribution in [3.8, 4) is 0 Å². The Labute approximate surface area is 126 Å². The molecule has 4 atom stereocenters. The molecular formula is C20H33+. The van der Waals surface area contributed by atoms with Gasteiger partial charge in [-0.05, 0) is 43.4 Å². The predicted molar refractivity (Wildman–Crippen MR) is 87.4 cm³/mol. The van der Waals surface area contributed by atoms with Gasteiger partial charge >= 0.3 is 0 Å². The zero-order chi connectivity index (χ0) is 14.6. The van der Waals surface area contributed by atoms with E-state index in [1.165, 1.54) is 51.4 Å². The molecule has 20 heavy (non-hydrogen) atoms. The fourth-order valence-corrected chi connectivity index (χ4v) is 6.27. The molecule has 0 amide bonds. The molecule has 0 heterocycles. The number of hydrogen-bond acceptors (Lipinski definition) is 0. The van der Waals surface area contributed by atoms with E-state index >= 15 is 0 Å². The van der Waals surface area contributed by atoms with Crippen LogP contribution in [-0.2, 0) is 0 Å².